The van der Waals surface area contributed by atoms with Crippen molar-refractivity contribution in [3.63, 3.8) is 0 Å². The Hall–Kier alpha value is -3.28. The van der Waals surface area contributed by atoms with E-state index in [1.165, 1.54) is 40.8 Å². The molecule has 1 amide bonds. The number of rotatable bonds is 5. The van der Waals surface area contributed by atoms with Gasteiger partial charge in [-0.1, -0.05) is 6.07 Å². The molecule has 0 spiro atoms. The van der Waals surface area contributed by atoms with E-state index in [0.29, 0.717) is 42.8 Å². The highest BCUT2D eigenvalue weighted by molar-refractivity contribution is 7.89. The summed E-state index contributed by atoms with van der Waals surface area (Å²) in [6.45, 7) is 2.12. The SMILES string of the molecule is CN1CCN(S(=O)(=O)c2cccc(NC(=O)c3c[nH]c4ccc([N+](=O)[O-])cc34)c2)CC1. The minimum atomic E-state index is -3.67. The van der Waals surface area contributed by atoms with E-state index in [0.717, 1.165) is 0 Å². The fraction of sp³-hybridized carbons (Fsp3) is 0.250. The standard InChI is InChI=1S/C20H21N5O5S/c1-23-7-9-24(10-8-23)31(29,30)16-4-2-3-14(11-16)22-20(26)18-13-21-19-6-5-15(25(27)28)12-17(18)19/h2-6,11-13,21H,7-10H2,1H3,(H,22,26). The first-order valence-corrected chi connectivity index (χ1v) is 11.1. The minimum absolute atomic E-state index is 0.101. The Morgan fingerprint density at radius 2 is 1.87 bits per heavy atom. The molecular weight excluding hydrogens is 422 g/mol. The summed E-state index contributed by atoms with van der Waals surface area (Å²) < 4.78 is 27.4. The van der Waals surface area contributed by atoms with Crippen molar-refractivity contribution < 1.29 is 18.1 Å². The van der Waals surface area contributed by atoms with Gasteiger partial charge in [-0.05, 0) is 31.3 Å². The molecule has 1 aliphatic heterocycles. The number of amides is 1. The fourth-order valence-electron chi connectivity index (χ4n) is 3.52. The van der Waals surface area contributed by atoms with Crippen molar-refractivity contribution in [3.8, 4) is 0 Å². The summed E-state index contributed by atoms with van der Waals surface area (Å²) in [5.74, 6) is -0.499. The van der Waals surface area contributed by atoms with Gasteiger partial charge in [0.1, 0.15) is 0 Å². The van der Waals surface area contributed by atoms with E-state index >= 15 is 0 Å². The van der Waals surface area contributed by atoms with E-state index < -0.39 is 20.9 Å². The summed E-state index contributed by atoms with van der Waals surface area (Å²) in [5, 5.41) is 14.1. The lowest BCUT2D eigenvalue weighted by Gasteiger charge is -2.31. The molecule has 1 saturated heterocycles. The first-order chi connectivity index (χ1) is 14.8. The average molecular weight is 443 g/mol. The lowest BCUT2D eigenvalue weighted by Crippen LogP contribution is -2.47. The van der Waals surface area contributed by atoms with Crippen LogP contribution < -0.4 is 5.32 Å². The number of non-ortho nitro benzene ring substituents is 1. The van der Waals surface area contributed by atoms with Crippen molar-refractivity contribution in [1.29, 1.82) is 0 Å². The molecule has 11 heteroatoms. The normalized spacial score (nSPS) is 15.8. The van der Waals surface area contributed by atoms with Gasteiger partial charge in [0.25, 0.3) is 11.6 Å². The van der Waals surface area contributed by atoms with Crippen LogP contribution in [-0.2, 0) is 10.0 Å². The number of sulfonamides is 1. The second-order valence-corrected chi connectivity index (χ2v) is 9.32. The molecule has 2 heterocycles. The Morgan fingerprint density at radius 3 is 2.58 bits per heavy atom. The summed E-state index contributed by atoms with van der Waals surface area (Å²) in [6, 6.07) is 10.3. The molecule has 0 bridgehead atoms. The molecule has 2 aromatic carbocycles. The molecule has 0 aliphatic carbocycles. The molecule has 4 rings (SSSR count). The van der Waals surface area contributed by atoms with Crippen LogP contribution in [0.5, 0.6) is 0 Å². The number of benzene rings is 2. The van der Waals surface area contributed by atoms with E-state index in [1.54, 1.807) is 12.1 Å². The van der Waals surface area contributed by atoms with Crippen LogP contribution in [0.25, 0.3) is 10.9 Å². The Bertz CT molecular complexity index is 1260. The highest BCUT2D eigenvalue weighted by atomic mass is 32.2. The number of nitrogens with one attached hydrogen (secondary N) is 2. The topological polar surface area (TPSA) is 129 Å². The number of fused-ring (bicyclic) bond motifs is 1. The molecule has 31 heavy (non-hydrogen) atoms. The van der Waals surface area contributed by atoms with E-state index in [9.17, 15) is 23.3 Å². The molecule has 0 radical (unpaired) electrons. The van der Waals surface area contributed by atoms with Crippen LogP contribution in [0.15, 0.2) is 53.6 Å². The van der Waals surface area contributed by atoms with E-state index in [1.807, 2.05) is 7.05 Å². The van der Waals surface area contributed by atoms with Crippen LogP contribution in [0.3, 0.4) is 0 Å². The van der Waals surface area contributed by atoms with Crippen LogP contribution in [0.1, 0.15) is 10.4 Å². The molecule has 0 unspecified atom stereocenters. The van der Waals surface area contributed by atoms with E-state index in [4.69, 9.17) is 0 Å². The monoisotopic (exact) mass is 443 g/mol. The van der Waals surface area contributed by atoms with Crippen molar-refractivity contribution in [1.82, 2.24) is 14.2 Å². The third-order valence-corrected chi connectivity index (χ3v) is 7.21. The molecule has 10 nitrogen and oxygen atoms in total. The number of hydrogen-bond acceptors (Lipinski definition) is 6. The summed E-state index contributed by atoms with van der Waals surface area (Å²) in [7, 11) is -1.73. The summed E-state index contributed by atoms with van der Waals surface area (Å²) in [5.41, 5.74) is 1.01. The summed E-state index contributed by atoms with van der Waals surface area (Å²) in [4.78, 5) is 28.4. The van der Waals surface area contributed by atoms with Gasteiger partial charge in [0.15, 0.2) is 0 Å². The zero-order valence-electron chi connectivity index (χ0n) is 16.7. The smallest absolute Gasteiger partial charge is 0.270 e. The predicted octanol–water partition coefficient (Wildman–Crippen LogP) is 2.26. The number of carbonyl (C=O) groups excluding carboxylic acids is 1. The Balaban J connectivity index is 1.58. The number of H-pyrrole nitrogens is 1. The highest BCUT2D eigenvalue weighted by Gasteiger charge is 2.27. The number of likely N-dealkylation sites (N-methyl/N-ethyl adjacent to an activating group) is 1. The number of nitrogens with zero attached hydrogens (tertiary/aromatic N) is 3. The number of hydrogen-bond donors (Lipinski definition) is 2. The number of aromatic amines is 1. The number of carbonyl (C=O) groups is 1. The van der Waals surface area contributed by atoms with Crippen LogP contribution in [-0.4, -0.2) is 66.7 Å². The third kappa shape index (κ3) is 4.15. The van der Waals surface area contributed by atoms with Gasteiger partial charge in [-0.2, -0.15) is 4.31 Å². The van der Waals surface area contributed by atoms with Gasteiger partial charge in [-0.25, -0.2) is 8.42 Å². The van der Waals surface area contributed by atoms with E-state index in [-0.39, 0.29) is 16.1 Å². The average Bonchev–Trinajstić information content (AvgIpc) is 3.17. The number of piperazine rings is 1. The second kappa shape index (κ2) is 8.10. The Kier molecular flexibility index (Phi) is 5.48. The maximum atomic E-state index is 13.0. The minimum Gasteiger partial charge on any atom is -0.360 e. The zero-order valence-corrected chi connectivity index (χ0v) is 17.6. The predicted molar refractivity (Wildman–Crippen MR) is 116 cm³/mol. The molecule has 1 fully saturated rings. The number of nitro groups is 1. The van der Waals surface area contributed by atoms with Crippen molar-refractivity contribution in [2.75, 3.05) is 38.5 Å². The third-order valence-electron chi connectivity index (χ3n) is 5.31. The first-order valence-electron chi connectivity index (χ1n) is 9.61. The van der Waals surface area contributed by atoms with Crippen LogP contribution in [0, 0.1) is 10.1 Å². The molecule has 0 atom stereocenters. The highest BCUT2D eigenvalue weighted by Crippen LogP contribution is 2.25. The number of aromatic nitrogens is 1. The van der Waals surface area contributed by atoms with Crippen molar-refractivity contribution >= 4 is 38.2 Å². The number of anilines is 1. The van der Waals surface area contributed by atoms with Crippen LogP contribution >= 0.6 is 0 Å². The van der Waals surface area contributed by atoms with Gasteiger partial charge in [0.05, 0.1) is 15.4 Å². The van der Waals surface area contributed by atoms with Crippen LogP contribution in [0.2, 0.25) is 0 Å². The van der Waals surface area contributed by atoms with Gasteiger partial charge >= 0.3 is 0 Å². The molecule has 1 aliphatic rings. The van der Waals surface area contributed by atoms with E-state index in [2.05, 4.69) is 15.2 Å². The zero-order chi connectivity index (χ0) is 22.2. The lowest BCUT2D eigenvalue weighted by atomic mass is 10.1. The van der Waals surface area contributed by atoms with Gasteiger partial charge in [0, 0.05) is 61.1 Å². The molecular formula is C20H21N5O5S. The van der Waals surface area contributed by atoms with Crippen molar-refractivity contribution in [2.24, 2.45) is 0 Å². The molecule has 2 N–H and O–H groups in total. The van der Waals surface area contributed by atoms with Crippen molar-refractivity contribution in [2.45, 2.75) is 4.90 Å². The maximum absolute atomic E-state index is 13.0. The molecule has 1 aromatic heterocycles. The van der Waals surface area contributed by atoms with Gasteiger partial charge in [0.2, 0.25) is 10.0 Å². The lowest BCUT2D eigenvalue weighted by molar-refractivity contribution is -0.384. The maximum Gasteiger partial charge on any atom is 0.270 e. The largest absolute Gasteiger partial charge is 0.360 e. The van der Waals surface area contributed by atoms with Crippen LogP contribution in [0.4, 0.5) is 11.4 Å². The molecule has 3 aromatic rings. The summed E-state index contributed by atoms with van der Waals surface area (Å²) >= 11 is 0. The number of nitro benzene ring substituents is 1. The van der Waals surface area contributed by atoms with Gasteiger partial charge < -0.3 is 15.2 Å². The quantitative estimate of drug-likeness (QED) is 0.460. The molecule has 0 saturated carbocycles. The molecule has 162 valence electrons. The van der Waals surface area contributed by atoms with Crippen molar-refractivity contribution in [3.05, 3.63) is 64.3 Å². The Labute approximate surface area is 178 Å². The summed E-state index contributed by atoms with van der Waals surface area (Å²) in [6.07, 6.45) is 1.47. The fourth-order valence-corrected chi connectivity index (χ4v) is 4.99. The Morgan fingerprint density at radius 1 is 1.13 bits per heavy atom. The van der Waals surface area contributed by atoms with Gasteiger partial charge in [-0.15, -0.1) is 0 Å². The van der Waals surface area contributed by atoms with Gasteiger partial charge in [-0.3, -0.25) is 14.9 Å². The second-order valence-electron chi connectivity index (χ2n) is 7.38. The first kappa shape index (κ1) is 21.0.